The van der Waals surface area contributed by atoms with Gasteiger partial charge in [0.1, 0.15) is 28.5 Å². The van der Waals surface area contributed by atoms with E-state index in [-0.39, 0.29) is 5.84 Å². The Morgan fingerprint density at radius 3 is 2.72 bits per heavy atom. The third-order valence-corrected chi connectivity index (χ3v) is 5.68. The average Bonchev–Trinajstić information content (AvgIpc) is 3.29. The van der Waals surface area contributed by atoms with Crippen molar-refractivity contribution in [2.24, 2.45) is 16.5 Å². The van der Waals surface area contributed by atoms with Gasteiger partial charge in [-0.15, -0.1) is 11.3 Å². The number of aliphatic imine (C=N–C) groups is 1. The molecular weight excluding hydrogens is 382 g/mol. The fourth-order valence-electron chi connectivity index (χ4n) is 3.29. The lowest BCUT2D eigenvalue weighted by atomic mass is 10.1. The maximum absolute atomic E-state index is 7.28. The van der Waals surface area contributed by atoms with Gasteiger partial charge in [-0.2, -0.15) is 0 Å². The van der Waals surface area contributed by atoms with E-state index in [0.29, 0.717) is 6.54 Å². The topological polar surface area (TPSA) is 118 Å². The Labute approximate surface area is 172 Å². The summed E-state index contributed by atoms with van der Waals surface area (Å²) in [6.45, 7) is 2.56. The van der Waals surface area contributed by atoms with E-state index in [1.165, 1.54) is 11.3 Å². The minimum absolute atomic E-state index is 0.276. The first kappa shape index (κ1) is 19.0. The molecule has 146 valence electrons. The lowest BCUT2D eigenvalue weighted by Crippen LogP contribution is -2.12. The monoisotopic (exact) mass is 403 g/mol. The highest BCUT2D eigenvalue weighted by Crippen LogP contribution is 2.35. The highest BCUT2D eigenvalue weighted by molar-refractivity contribution is 7.17. The minimum atomic E-state index is 0.276. The molecule has 0 saturated carbocycles. The number of nitrogens with zero attached hydrogens (tertiary/aromatic N) is 4. The highest BCUT2D eigenvalue weighted by Gasteiger charge is 2.21. The van der Waals surface area contributed by atoms with Gasteiger partial charge in [0.25, 0.3) is 0 Å². The van der Waals surface area contributed by atoms with Crippen molar-refractivity contribution in [1.82, 2.24) is 14.4 Å². The number of imidazole rings is 1. The van der Waals surface area contributed by atoms with Crippen molar-refractivity contribution in [2.75, 3.05) is 6.54 Å². The van der Waals surface area contributed by atoms with Gasteiger partial charge in [-0.3, -0.25) is 9.81 Å². The van der Waals surface area contributed by atoms with Gasteiger partial charge in [0.05, 0.1) is 16.3 Å². The number of hydrogen-bond donors (Lipinski definition) is 3. The Morgan fingerprint density at radius 1 is 1.21 bits per heavy atom. The van der Waals surface area contributed by atoms with Gasteiger partial charge in [0, 0.05) is 11.8 Å². The quantitative estimate of drug-likeness (QED) is 0.338. The van der Waals surface area contributed by atoms with Gasteiger partial charge in [0.2, 0.25) is 0 Å². The molecule has 5 N–H and O–H groups in total. The molecule has 0 fully saturated rings. The number of nitrogens with one attached hydrogen (secondary N) is 1. The van der Waals surface area contributed by atoms with Crippen molar-refractivity contribution in [3.8, 4) is 22.0 Å². The van der Waals surface area contributed by atoms with Crippen LogP contribution in [0.3, 0.4) is 0 Å². The van der Waals surface area contributed by atoms with Crippen molar-refractivity contribution in [1.29, 1.82) is 5.41 Å². The van der Waals surface area contributed by atoms with Crippen molar-refractivity contribution >= 4 is 29.2 Å². The van der Waals surface area contributed by atoms with Crippen LogP contribution in [0.5, 0.6) is 0 Å². The third kappa shape index (κ3) is 3.55. The summed E-state index contributed by atoms with van der Waals surface area (Å²) in [5.74, 6) is 0.276. The molecule has 3 heterocycles. The molecule has 0 atom stereocenters. The van der Waals surface area contributed by atoms with Crippen LogP contribution in [0.25, 0.3) is 27.6 Å². The number of rotatable bonds is 6. The molecule has 0 spiro atoms. The molecule has 0 radical (unpaired) electrons. The Morgan fingerprint density at radius 2 is 2.00 bits per heavy atom. The number of aromatic nitrogens is 3. The molecule has 4 rings (SSSR count). The molecular formula is C21H21N7S. The number of thiazole rings is 1. The lowest BCUT2D eigenvalue weighted by molar-refractivity contribution is 0.952. The second kappa shape index (κ2) is 7.94. The van der Waals surface area contributed by atoms with E-state index in [1.807, 2.05) is 43.3 Å². The fourth-order valence-corrected chi connectivity index (χ4v) is 4.38. The van der Waals surface area contributed by atoms with Gasteiger partial charge < -0.3 is 11.5 Å². The summed E-state index contributed by atoms with van der Waals surface area (Å²) in [6, 6.07) is 13.9. The van der Waals surface area contributed by atoms with Crippen LogP contribution in [-0.2, 0) is 6.42 Å². The van der Waals surface area contributed by atoms with Crippen molar-refractivity contribution in [2.45, 2.75) is 13.3 Å². The van der Waals surface area contributed by atoms with Crippen LogP contribution in [0.4, 0.5) is 0 Å². The van der Waals surface area contributed by atoms with E-state index in [2.05, 4.69) is 26.6 Å². The Kier molecular flexibility index (Phi) is 5.20. The van der Waals surface area contributed by atoms with Crippen molar-refractivity contribution in [3.05, 3.63) is 64.8 Å². The molecule has 1 aromatic carbocycles. The summed E-state index contributed by atoms with van der Waals surface area (Å²) in [5, 5.41) is 8.08. The van der Waals surface area contributed by atoms with Gasteiger partial charge in [0.15, 0.2) is 0 Å². The molecule has 0 unspecified atom stereocenters. The number of aryl methyl sites for hydroxylation is 1. The molecule has 0 aliphatic heterocycles. The minimum Gasteiger partial charge on any atom is -0.382 e. The normalized spacial score (nSPS) is 11.9. The molecule has 0 bridgehead atoms. The zero-order valence-electron chi connectivity index (χ0n) is 16.0. The molecule has 0 aliphatic carbocycles. The van der Waals surface area contributed by atoms with Crippen LogP contribution in [-0.4, -0.2) is 33.1 Å². The van der Waals surface area contributed by atoms with E-state index < -0.39 is 0 Å². The van der Waals surface area contributed by atoms with Crippen LogP contribution >= 0.6 is 11.3 Å². The van der Waals surface area contributed by atoms with E-state index in [9.17, 15) is 0 Å². The summed E-state index contributed by atoms with van der Waals surface area (Å²) in [7, 11) is 0. The molecule has 0 saturated heterocycles. The molecule has 0 amide bonds. The van der Waals surface area contributed by atoms with Crippen LogP contribution in [0.15, 0.2) is 53.7 Å². The summed E-state index contributed by atoms with van der Waals surface area (Å²) in [4.78, 5) is 14.3. The predicted octanol–water partition coefficient (Wildman–Crippen LogP) is 3.25. The molecule has 8 heteroatoms. The molecule has 3 aromatic heterocycles. The number of amidine groups is 1. The predicted molar refractivity (Wildman–Crippen MR) is 119 cm³/mol. The zero-order chi connectivity index (χ0) is 20.4. The van der Waals surface area contributed by atoms with Crippen LogP contribution in [0.2, 0.25) is 0 Å². The van der Waals surface area contributed by atoms with E-state index in [1.54, 1.807) is 0 Å². The lowest BCUT2D eigenvalue weighted by Gasteiger charge is -2.03. The highest BCUT2D eigenvalue weighted by atomic mass is 32.1. The maximum atomic E-state index is 7.28. The van der Waals surface area contributed by atoms with Gasteiger partial charge in [-0.1, -0.05) is 36.4 Å². The summed E-state index contributed by atoms with van der Waals surface area (Å²) < 4.78 is 2.06. The molecule has 7 nitrogen and oxygen atoms in total. The number of pyridine rings is 1. The summed E-state index contributed by atoms with van der Waals surface area (Å²) >= 11 is 1.45. The van der Waals surface area contributed by atoms with Gasteiger partial charge >= 0.3 is 0 Å². The Balaban J connectivity index is 1.94. The zero-order valence-corrected chi connectivity index (χ0v) is 16.8. The average molecular weight is 404 g/mol. The SMILES string of the molecule is Cc1nc2ccc(CCN)cn2c1-c1nc(-c2ccccc2)c(C(N)=NC=N)s1. The second-order valence-corrected chi connectivity index (χ2v) is 7.56. The Hall–Kier alpha value is -3.36. The maximum Gasteiger partial charge on any atom is 0.144 e. The van der Waals surface area contributed by atoms with E-state index in [0.717, 1.165) is 56.5 Å². The second-order valence-electron chi connectivity index (χ2n) is 6.56. The van der Waals surface area contributed by atoms with Crippen molar-refractivity contribution in [3.63, 3.8) is 0 Å². The largest absolute Gasteiger partial charge is 0.382 e. The number of nitrogens with two attached hydrogens (primary N) is 2. The Bertz CT molecular complexity index is 1200. The number of benzene rings is 1. The van der Waals surface area contributed by atoms with Crippen LogP contribution < -0.4 is 11.5 Å². The number of hydrogen-bond acceptors (Lipinski definition) is 5. The summed E-state index contributed by atoms with van der Waals surface area (Å²) in [6.07, 6.45) is 3.81. The first-order valence-electron chi connectivity index (χ1n) is 9.19. The fraction of sp³-hybridized carbons (Fsp3) is 0.143. The van der Waals surface area contributed by atoms with Gasteiger partial charge in [-0.05, 0) is 31.5 Å². The van der Waals surface area contributed by atoms with Crippen molar-refractivity contribution < 1.29 is 0 Å². The van der Waals surface area contributed by atoms with Gasteiger partial charge in [-0.25, -0.2) is 15.0 Å². The molecule has 4 aromatic rings. The van der Waals surface area contributed by atoms with Crippen LogP contribution in [0.1, 0.15) is 16.1 Å². The molecule has 0 aliphatic rings. The molecule has 29 heavy (non-hydrogen) atoms. The smallest absolute Gasteiger partial charge is 0.144 e. The van der Waals surface area contributed by atoms with Crippen LogP contribution in [0, 0.1) is 12.3 Å². The number of fused-ring (bicyclic) bond motifs is 1. The third-order valence-electron chi connectivity index (χ3n) is 4.60. The standard InChI is InChI=1S/C21H21N7S/c1-13-18(28-11-14(9-10-22)7-8-16(28)26-13)21-27-17(15-5-3-2-4-6-15)19(29-21)20(24)25-12-23/h2-8,11-12H,9-10,22H2,1H3,(H3,23,24,25). The first-order chi connectivity index (χ1) is 14.1. The summed E-state index contributed by atoms with van der Waals surface area (Å²) in [5.41, 5.74) is 17.4. The van der Waals surface area contributed by atoms with E-state index in [4.69, 9.17) is 21.9 Å². The first-order valence-corrected chi connectivity index (χ1v) is 10.0. The van der Waals surface area contributed by atoms with E-state index >= 15 is 0 Å².